The van der Waals surface area contributed by atoms with Crippen LogP contribution in [0, 0.1) is 23.7 Å². The first-order valence-electron chi connectivity index (χ1n) is 23.0. The van der Waals surface area contributed by atoms with Crippen LogP contribution in [0.25, 0.3) is 0 Å². The van der Waals surface area contributed by atoms with E-state index in [0.717, 1.165) is 33.9 Å². The summed E-state index contributed by atoms with van der Waals surface area (Å²) in [5.74, 6) is 2.69. The predicted octanol–water partition coefficient (Wildman–Crippen LogP) is 9.65. The van der Waals surface area contributed by atoms with Crippen molar-refractivity contribution in [3.05, 3.63) is 150 Å². The zero-order valence-corrected chi connectivity index (χ0v) is 38.0. The number of methoxy groups -OCH3 is 1. The van der Waals surface area contributed by atoms with Gasteiger partial charge in [-0.3, -0.25) is 29.2 Å². The molecule has 0 amide bonds. The lowest BCUT2D eigenvalue weighted by molar-refractivity contribution is -0.167. The maximum atomic E-state index is 14.2. The first-order valence-corrected chi connectivity index (χ1v) is 23.0. The van der Waals surface area contributed by atoms with Crippen molar-refractivity contribution in [2.75, 3.05) is 17.1 Å². The molecule has 4 N–H and O–H groups in total. The molecule has 0 heterocycles. The lowest BCUT2D eigenvalue weighted by Crippen LogP contribution is -2.38. The van der Waals surface area contributed by atoms with Crippen LogP contribution in [0.4, 0.5) is 22.7 Å². The van der Waals surface area contributed by atoms with Crippen molar-refractivity contribution in [2.24, 2.45) is 29.6 Å². The Morgan fingerprint density at radius 2 is 0.939 bits per heavy atom. The highest BCUT2D eigenvalue weighted by molar-refractivity contribution is 5.78. The lowest BCUT2D eigenvalue weighted by Gasteiger charge is -2.35. The summed E-state index contributed by atoms with van der Waals surface area (Å²) in [4.78, 5) is 57.6. The zero-order valence-electron chi connectivity index (χ0n) is 38.0. The Hall–Kier alpha value is -6.54. The molecule has 13 nitrogen and oxygen atoms in total. The molecule has 346 valence electrons. The second-order valence-electron chi connectivity index (χ2n) is 17.3. The number of rotatable bonds is 18. The monoisotopic (exact) mass is 895 g/mol. The molecule has 13 heteroatoms. The van der Waals surface area contributed by atoms with E-state index in [1.165, 1.54) is 7.11 Å². The number of nitrogens with zero attached hydrogens (tertiary/aromatic N) is 2. The molecular weight excluding hydrogens is 835 g/mol. The van der Waals surface area contributed by atoms with Crippen LogP contribution in [0.1, 0.15) is 88.3 Å². The van der Waals surface area contributed by atoms with Gasteiger partial charge in [-0.25, -0.2) is 10.9 Å². The fraction of sp³-hybridized carbons (Fsp3) is 0.358. The van der Waals surface area contributed by atoms with E-state index in [4.69, 9.17) is 20.1 Å². The maximum Gasteiger partial charge on any atom is 0.327 e. The van der Waals surface area contributed by atoms with Crippen molar-refractivity contribution in [1.82, 2.24) is 10.9 Å². The van der Waals surface area contributed by atoms with Crippen molar-refractivity contribution < 1.29 is 38.2 Å². The molecule has 2 aliphatic carbocycles. The number of hydrazine groups is 2. The summed E-state index contributed by atoms with van der Waals surface area (Å²) in [7, 11) is 1.39. The predicted molar refractivity (Wildman–Crippen MR) is 253 cm³/mol. The topological polar surface area (TPSA) is 162 Å². The summed E-state index contributed by atoms with van der Waals surface area (Å²) in [6.45, 7) is 4.40. The summed E-state index contributed by atoms with van der Waals surface area (Å²) in [6, 6.07) is 43.6. The molecule has 0 aliphatic heterocycles. The number of hydrogen-bond acceptors (Lipinski definition) is 13. The van der Waals surface area contributed by atoms with Crippen molar-refractivity contribution in [2.45, 2.75) is 90.3 Å². The number of ether oxygens (including phenoxy) is 3. The van der Waals surface area contributed by atoms with Gasteiger partial charge in [0.2, 0.25) is 0 Å². The van der Waals surface area contributed by atoms with Gasteiger partial charge in [-0.05, 0) is 131 Å². The molecule has 5 aromatic carbocycles. The maximum absolute atomic E-state index is 14.2. The fourth-order valence-electron chi connectivity index (χ4n) is 9.05. The third-order valence-corrected chi connectivity index (χ3v) is 13.1. The van der Waals surface area contributed by atoms with Gasteiger partial charge in [0.1, 0.15) is 11.4 Å². The van der Waals surface area contributed by atoms with E-state index < -0.39 is 23.5 Å². The van der Waals surface area contributed by atoms with Crippen LogP contribution in [0.3, 0.4) is 0 Å². The van der Waals surface area contributed by atoms with E-state index in [0.29, 0.717) is 69.1 Å². The van der Waals surface area contributed by atoms with Crippen molar-refractivity contribution >= 4 is 46.6 Å². The van der Waals surface area contributed by atoms with Gasteiger partial charge in [0, 0.05) is 24.2 Å². The molecule has 1 atom stereocenters. The highest BCUT2D eigenvalue weighted by Gasteiger charge is 2.38. The van der Waals surface area contributed by atoms with Gasteiger partial charge < -0.3 is 19.0 Å². The minimum absolute atomic E-state index is 0.216. The molecule has 0 aromatic heterocycles. The minimum Gasteiger partial charge on any atom is -0.469 e. The number of para-hydroxylation sites is 4. The smallest absolute Gasteiger partial charge is 0.327 e. The van der Waals surface area contributed by atoms with Crippen LogP contribution in [0.2, 0.25) is 0 Å². The largest absolute Gasteiger partial charge is 0.469 e. The van der Waals surface area contributed by atoms with E-state index >= 15 is 0 Å². The quantitative estimate of drug-likeness (QED) is 0.0434. The van der Waals surface area contributed by atoms with Crippen LogP contribution < -0.4 is 31.5 Å². The average Bonchev–Trinajstić information content (AvgIpc) is 3.37. The summed E-state index contributed by atoms with van der Waals surface area (Å²) >= 11 is 0. The molecule has 0 radical (unpaired) electrons. The summed E-state index contributed by atoms with van der Waals surface area (Å²) in [5, 5.41) is 3.99. The molecule has 0 bridgehead atoms. The van der Waals surface area contributed by atoms with E-state index in [1.54, 1.807) is 0 Å². The second-order valence-corrected chi connectivity index (χ2v) is 17.3. The highest BCUT2D eigenvalue weighted by Crippen LogP contribution is 2.40. The summed E-state index contributed by atoms with van der Waals surface area (Å²) in [6.07, 6.45) is 4.38. The van der Waals surface area contributed by atoms with Gasteiger partial charge >= 0.3 is 23.9 Å². The van der Waals surface area contributed by atoms with Gasteiger partial charge in [0.15, 0.2) is 0 Å². The van der Waals surface area contributed by atoms with Crippen LogP contribution in [-0.4, -0.2) is 31.0 Å². The Kier molecular flexibility index (Phi) is 16.2. The Bertz CT molecular complexity index is 2290. The number of hydrogen-bond donors (Lipinski definition) is 3. The molecule has 1 unspecified atom stereocenters. The van der Waals surface area contributed by atoms with Crippen LogP contribution in [0.15, 0.2) is 133 Å². The number of carbonyl (C=O) groups is 4. The fourth-order valence-corrected chi connectivity index (χ4v) is 9.05. The number of nitrogens with one attached hydrogen (secondary N) is 2. The van der Waals surface area contributed by atoms with Crippen LogP contribution in [-0.2, 0) is 52.2 Å². The Morgan fingerprint density at radius 1 is 0.561 bits per heavy atom. The zero-order chi connectivity index (χ0) is 46.5. The van der Waals surface area contributed by atoms with E-state index in [2.05, 4.69) is 15.7 Å². The van der Waals surface area contributed by atoms with Gasteiger partial charge in [-0.2, -0.15) is 5.90 Å². The third-order valence-electron chi connectivity index (χ3n) is 13.1. The number of benzene rings is 5. The van der Waals surface area contributed by atoms with Gasteiger partial charge in [-0.1, -0.05) is 79.7 Å². The van der Waals surface area contributed by atoms with Gasteiger partial charge in [-0.15, -0.1) is 0 Å². The molecule has 2 fully saturated rings. The van der Waals surface area contributed by atoms with E-state index in [-0.39, 0.29) is 42.8 Å². The third kappa shape index (κ3) is 11.6. The van der Waals surface area contributed by atoms with Gasteiger partial charge in [0.25, 0.3) is 0 Å². The van der Waals surface area contributed by atoms with Crippen molar-refractivity contribution in [1.29, 1.82) is 0 Å². The first-order chi connectivity index (χ1) is 32.1. The SMILES string of the molecule is CCC(C)(OC(=O)C1CCC(C(=O)OC)CC1)c1cc(CNN(c2ccccc2)c2ccccc2)c(OC(=O)C2CCC(C(=O)ON)CC2)cc1CNN(c1ccccc1)c1ccccc1. The lowest BCUT2D eigenvalue weighted by atomic mass is 9.81. The molecular formula is C53H61N5O8. The van der Waals surface area contributed by atoms with E-state index in [9.17, 15) is 19.2 Å². The number of nitrogens with two attached hydrogens (primary N) is 1. The molecule has 66 heavy (non-hydrogen) atoms. The highest BCUT2D eigenvalue weighted by atomic mass is 16.7. The van der Waals surface area contributed by atoms with E-state index in [1.807, 2.05) is 157 Å². The van der Waals surface area contributed by atoms with Crippen molar-refractivity contribution in [3.63, 3.8) is 0 Å². The van der Waals surface area contributed by atoms with Crippen molar-refractivity contribution in [3.8, 4) is 5.75 Å². The normalized spacial score (nSPS) is 19.1. The standard InChI is InChI=1S/C53H61N5O8/c1-4-53(2,65-51(61)39-29-25-37(26-30-39)49(59)63-3)47-33-42(36-56-58(45-21-13-7-14-22-45)46-23-15-8-16-24-46)48(64-50(60)38-27-31-40(32-28-38)52(62)66-54)34-41(47)35-55-57(43-17-9-5-10-18-43)44-19-11-6-12-20-44/h5-24,33-34,37-40,55-56H,4,25-32,35-36,54H2,1-3H3. The number of esters is 3. The Balaban J connectivity index is 1.29. The van der Waals surface area contributed by atoms with Crippen LogP contribution >= 0.6 is 0 Å². The Morgan fingerprint density at radius 3 is 1.33 bits per heavy atom. The van der Waals surface area contributed by atoms with Gasteiger partial charge in [0.05, 0.1) is 53.5 Å². The number of carbonyl (C=O) groups excluding carboxylic acids is 4. The molecule has 7 rings (SSSR count). The minimum atomic E-state index is -1.12. The average molecular weight is 896 g/mol. The van der Waals surface area contributed by atoms with Crippen LogP contribution in [0.5, 0.6) is 5.75 Å². The second kappa shape index (κ2) is 22.6. The molecule has 2 aliphatic rings. The molecule has 0 saturated heterocycles. The summed E-state index contributed by atoms with van der Waals surface area (Å²) < 4.78 is 18.1. The number of anilines is 4. The molecule has 0 spiro atoms. The molecule has 5 aromatic rings. The first kappa shape index (κ1) is 47.4. The molecule has 2 saturated carbocycles. The Labute approximate surface area is 387 Å². The summed E-state index contributed by atoms with van der Waals surface area (Å²) in [5.41, 5.74) is 11.9.